The fraction of sp³-hybridized carbons (Fsp3) is 0.647. The van der Waals surface area contributed by atoms with E-state index in [1.807, 2.05) is 6.92 Å². The number of aliphatic hydroxyl groups excluding tert-OH is 1. The van der Waals surface area contributed by atoms with E-state index in [4.69, 9.17) is 4.98 Å². The Kier molecular flexibility index (Phi) is 3.20. The molecule has 2 aliphatic rings. The number of aldehydes is 1. The van der Waals surface area contributed by atoms with Gasteiger partial charge in [0.15, 0.2) is 6.29 Å². The Morgan fingerprint density at radius 2 is 2.10 bits per heavy atom. The number of hydrogen-bond acceptors (Lipinski definition) is 3. The van der Waals surface area contributed by atoms with Crippen LogP contribution >= 0.6 is 0 Å². The number of hydrogen-bond donors (Lipinski definition) is 1. The summed E-state index contributed by atoms with van der Waals surface area (Å²) in [7, 11) is 0. The van der Waals surface area contributed by atoms with Crippen molar-refractivity contribution >= 4 is 6.29 Å². The van der Waals surface area contributed by atoms with Crippen LogP contribution in [0.4, 0.5) is 0 Å². The van der Waals surface area contributed by atoms with E-state index in [0.717, 1.165) is 41.6 Å². The molecule has 3 heteroatoms. The van der Waals surface area contributed by atoms with Gasteiger partial charge in [0.2, 0.25) is 0 Å². The molecule has 0 saturated heterocycles. The highest BCUT2D eigenvalue weighted by molar-refractivity contribution is 5.80. The summed E-state index contributed by atoms with van der Waals surface area (Å²) in [4.78, 5) is 16.2. The van der Waals surface area contributed by atoms with Crippen LogP contribution in [-0.2, 0) is 6.42 Å². The van der Waals surface area contributed by atoms with E-state index in [-0.39, 0.29) is 11.3 Å². The Hall–Kier alpha value is -1.22. The zero-order chi connectivity index (χ0) is 14.5. The summed E-state index contributed by atoms with van der Waals surface area (Å²) in [6.45, 7) is 6.09. The minimum atomic E-state index is -0.452. The first-order valence-corrected chi connectivity index (χ1v) is 7.64. The van der Waals surface area contributed by atoms with Crippen molar-refractivity contribution in [2.75, 3.05) is 0 Å². The average molecular weight is 273 g/mol. The van der Waals surface area contributed by atoms with Crippen LogP contribution < -0.4 is 0 Å². The van der Waals surface area contributed by atoms with Gasteiger partial charge in [0.05, 0.1) is 11.8 Å². The van der Waals surface area contributed by atoms with Crippen LogP contribution in [-0.4, -0.2) is 16.4 Å². The molecule has 3 rings (SSSR count). The summed E-state index contributed by atoms with van der Waals surface area (Å²) < 4.78 is 0. The van der Waals surface area contributed by atoms with Crippen molar-refractivity contribution in [1.82, 2.24) is 4.98 Å². The Labute approximate surface area is 120 Å². The molecule has 0 aromatic carbocycles. The maximum Gasteiger partial charge on any atom is 0.152 e. The topological polar surface area (TPSA) is 50.2 Å². The van der Waals surface area contributed by atoms with Crippen LogP contribution in [0.2, 0.25) is 0 Å². The van der Waals surface area contributed by atoms with Crippen LogP contribution in [0.1, 0.15) is 84.4 Å². The van der Waals surface area contributed by atoms with E-state index in [2.05, 4.69) is 13.8 Å². The fourth-order valence-corrected chi connectivity index (χ4v) is 3.98. The lowest BCUT2D eigenvalue weighted by Crippen LogP contribution is -2.38. The minimum absolute atomic E-state index is 0.232. The third-order valence-corrected chi connectivity index (χ3v) is 5.23. The van der Waals surface area contributed by atoms with Gasteiger partial charge in [-0.25, -0.2) is 0 Å². The summed E-state index contributed by atoms with van der Waals surface area (Å²) in [5.41, 5.74) is 4.75. The number of pyridine rings is 1. The van der Waals surface area contributed by atoms with Crippen molar-refractivity contribution in [3.05, 3.63) is 28.1 Å². The van der Waals surface area contributed by atoms with E-state index in [9.17, 15) is 9.90 Å². The van der Waals surface area contributed by atoms with E-state index < -0.39 is 6.10 Å². The SMILES string of the molecule is Cc1c(C=O)c(C(C)C)nc2c1[C@@H](O)CC1(CCC1)C2. The second-order valence-corrected chi connectivity index (χ2v) is 6.92. The molecule has 1 heterocycles. The molecule has 1 saturated carbocycles. The Morgan fingerprint density at radius 3 is 2.60 bits per heavy atom. The standard InChI is InChI=1S/C17H23NO2/c1-10(2)16-12(9-19)11(3)15-13(18-16)7-17(5-4-6-17)8-14(15)20/h9-10,14,20H,4-8H2,1-3H3/t14-/m0/s1. The molecule has 0 radical (unpaired) electrons. The van der Waals surface area contributed by atoms with Crippen LogP contribution in [0.15, 0.2) is 0 Å². The first-order valence-electron chi connectivity index (χ1n) is 7.64. The van der Waals surface area contributed by atoms with Gasteiger partial charge in [-0.2, -0.15) is 0 Å². The molecule has 1 spiro atoms. The normalized spacial score (nSPS) is 23.6. The van der Waals surface area contributed by atoms with Crippen molar-refractivity contribution in [3.8, 4) is 0 Å². The minimum Gasteiger partial charge on any atom is -0.388 e. The molecule has 0 amide bonds. The average Bonchev–Trinajstić information content (AvgIpc) is 2.35. The van der Waals surface area contributed by atoms with Gasteiger partial charge in [-0.15, -0.1) is 0 Å². The number of aliphatic hydroxyl groups is 1. The van der Waals surface area contributed by atoms with Gasteiger partial charge in [0.1, 0.15) is 0 Å². The molecule has 0 aliphatic heterocycles. The van der Waals surface area contributed by atoms with Crippen molar-refractivity contribution < 1.29 is 9.90 Å². The van der Waals surface area contributed by atoms with E-state index in [1.165, 1.54) is 19.3 Å². The first kappa shape index (κ1) is 13.7. The second kappa shape index (κ2) is 4.66. The van der Waals surface area contributed by atoms with E-state index in [1.54, 1.807) is 0 Å². The smallest absolute Gasteiger partial charge is 0.152 e. The number of aromatic nitrogens is 1. The molecule has 20 heavy (non-hydrogen) atoms. The van der Waals surface area contributed by atoms with Crippen molar-refractivity contribution in [1.29, 1.82) is 0 Å². The predicted octanol–water partition coefficient (Wildman–Crippen LogP) is 3.48. The van der Waals surface area contributed by atoms with Crippen molar-refractivity contribution in [2.24, 2.45) is 5.41 Å². The molecule has 1 aromatic heterocycles. The third kappa shape index (κ3) is 1.91. The summed E-state index contributed by atoms with van der Waals surface area (Å²) in [5, 5.41) is 10.5. The Bertz CT molecular complexity index is 559. The number of rotatable bonds is 2. The fourth-order valence-electron chi connectivity index (χ4n) is 3.98. The first-order chi connectivity index (χ1) is 9.47. The number of nitrogens with zero attached hydrogens (tertiary/aromatic N) is 1. The van der Waals surface area contributed by atoms with Crippen molar-refractivity contribution in [2.45, 2.75) is 64.9 Å². The maximum absolute atomic E-state index is 11.4. The van der Waals surface area contributed by atoms with Gasteiger partial charge in [0.25, 0.3) is 0 Å². The molecular weight excluding hydrogens is 250 g/mol. The summed E-state index contributed by atoms with van der Waals surface area (Å²) in [6, 6.07) is 0. The lowest BCUT2D eigenvalue weighted by Gasteiger charge is -2.47. The summed E-state index contributed by atoms with van der Waals surface area (Å²) in [5.74, 6) is 0.232. The molecule has 1 fully saturated rings. The molecule has 2 aliphatic carbocycles. The summed E-state index contributed by atoms with van der Waals surface area (Å²) in [6.07, 6.45) is 5.93. The molecule has 1 N–H and O–H groups in total. The molecule has 0 bridgehead atoms. The van der Waals surface area contributed by atoms with Crippen molar-refractivity contribution in [3.63, 3.8) is 0 Å². The highest BCUT2D eigenvalue weighted by atomic mass is 16.3. The number of carbonyl (C=O) groups excluding carboxylic acids is 1. The zero-order valence-corrected chi connectivity index (χ0v) is 12.6. The molecule has 108 valence electrons. The molecule has 1 atom stereocenters. The largest absolute Gasteiger partial charge is 0.388 e. The molecule has 0 unspecified atom stereocenters. The lowest BCUT2D eigenvalue weighted by atomic mass is 9.59. The quantitative estimate of drug-likeness (QED) is 0.839. The van der Waals surface area contributed by atoms with Gasteiger partial charge in [-0.05, 0) is 49.5 Å². The Balaban J connectivity index is 2.15. The zero-order valence-electron chi connectivity index (χ0n) is 12.6. The second-order valence-electron chi connectivity index (χ2n) is 6.92. The van der Waals surface area contributed by atoms with Gasteiger partial charge < -0.3 is 5.11 Å². The van der Waals surface area contributed by atoms with E-state index in [0.29, 0.717) is 5.56 Å². The van der Waals surface area contributed by atoms with Gasteiger partial charge >= 0.3 is 0 Å². The predicted molar refractivity (Wildman–Crippen MR) is 78.0 cm³/mol. The van der Waals surface area contributed by atoms with E-state index >= 15 is 0 Å². The maximum atomic E-state index is 11.4. The van der Waals surface area contributed by atoms with Gasteiger partial charge in [-0.1, -0.05) is 20.3 Å². The molecule has 3 nitrogen and oxygen atoms in total. The lowest BCUT2D eigenvalue weighted by molar-refractivity contribution is 0.0240. The summed E-state index contributed by atoms with van der Waals surface area (Å²) >= 11 is 0. The number of fused-ring (bicyclic) bond motifs is 1. The van der Waals surface area contributed by atoms with Crippen LogP contribution in [0.5, 0.6) is 0 Å². The Morgan fingerprint density at radius 1 is 1.40 bits per heavy atom. The van der Waals surface area contributed by atoms with Crippen LogP contribution in [0.3, 0.4) is 0 Å². The molecular formula is C17H23NO2. The highest BCUT2D eigenvalue weighted by Gasteiger charge is 2.44. The van der Waals surface area contributed by atoms with Crippen LogP contribution in [0, 0.1) is 12.3 Å². The third-order valence-electron chi connectivity index (χ3n) is 5.23. The highest BCUT2D eigenvalue weighted by Crippen LogP contribution is 2.53. The monoisotopic (exact) mass is 273 g/mol. The van der Waals surface area contributed by atoms with Crippen LogP contribution in [0.25, 0.3) is 0 Å². The van der Waals surface area contributed by atoms with Gasteiger partial charge in [0, 0.05) is 16.8 Å². The molecule has 1 aromatic rings. The number of carbonyl (C=O) groups is 1. The van der Waals surface area contributed by atoms with Gasteiger partial charge in [-0.3, -0.25) is 9.78 Å².